The van der Waals surface area contributed by atoms with Crippen LogP contribution in [-0.4, -0.2) is 49.5 Å². The normalized spacial score (nSPS) is 11.2. The summed E-state index contributed by atoms with van der Waals surface area (Å²) in [6, 6.07) is 11.7. The first kappa shape index (κ1) is 19.5. The predicted octanol–water partition coefficient (Wildman–Crippen LogP) is 3.92. The molecule has 1 N–H and O–H groups in total. The van der Waals surface area contributed by atoms with Gasteiger partial charge in [0.05, 0.1) is 7.11 Å². The Balaban J connectivity index is 1.96. The third kappa shape index (κ3) is 5.63. The van der Waals surface area contributed by atoms with Crippen molar-refractivity contribution in [2.45, 2.75) is 6.42 Å². The minimum absolute atomic E-state index is 0.179. The summed E-state index contributed by atoms with van der Waals surface area (Å²) in [5, 5.41) is 12.5. The molecule has 0 radical (unpaired) electrons. The molecule has 5 nitrogen and oxygen atoms in total. The van der Waals surface area contributed by atoms with E-state index >= 15 is 0 Å². The van der Waals surface area contributed by atoms with Crippen molar-refractivity contribution in [3.8, 4) is 5.75 Å². The average molecular weight is 355 g/mol. The number of phenols is 1. The Kier molecular flexibility index (Phi) is 7.71. The van der Waals surface area contributed by atoms with Gasteiger partial charge in [-0.3, -0.25) is 4.90 Å². The summed E-state index contributed by atoms with van der Waals surface area (Å²) in [6.07, 6.45) is 5.61. The Morgan fingerprint density at radius 1 is 1.19 bits per heavy atom. The highest BCUT2D eigenvalue weighted by molar-refractivity contribution is 5.87. The van der Waals surface area contributed by atoms with Crippen LogP contribution in [0.2, 0.25) is 0 Å². The first-order valence-corrected chi connectivity index (χ1v) is 8.54. The Morgan fingerprint density at radius 2 is 2.00 bits per heavy atom. The number of benzene rings is 2. The summed E-state index contributed by atoms with van der Waals surface area (Å²) in [6.45, 7) is 6.18. The number of methoxy groups -OCH3 is 1. The maximum atomic E-state index is 10.9. The number of carbonyl (C=O) groups excluding carboxylic acids is 1. The zero-order valence-corrected chi connectivity index (χ0v) is 15.1. The van der Waals surface area contributed by atoms with Crippen LogP contribution in [0.3, 0.4) is 0 Å². The topological polar surface area (TPSA) is 59.0 Å². The van der Waals surface area contributed by atoms with E-state index in [1.165, 1.54) is 7.11 Å². The summed E-state index contributed by atoms with van der Waals surface area (Å²) in [7, 11) is 1.28. The Hall–Kier alpha value is -2.79. The number of nitrogens with zero attached hydrogens (tertiary/aromatic N) is 1. The fraction of sp³-hybridized carbons (Fsp3) is 0.286. The van der Waals surface area contributed by atoms with Gasteiger partial charge in [-0.05, 0) is 29.3 Å². The summed E-state index contributed by atoms with van der Waals surface area (Å²) in [5.74, 6) is 0.323. The van der Waals surface area contributed by atoms with Gasteiger partial charge in [0.1, 0.15) is 12.4 Å². The number of hydrogen-bond acceptors (Lipinski definition) is 5. The van der Waals surface area contributed by atoms with Crippen LogP contribution in [0.1, 0.15) is 5.56 Å². The van der Waals surface area contributed by atoms with Crippen molar-refractivity contribution in [1.82, 2.24) is 4.90 Å². The maximum Gasteiger partial charge on any atom is 0.508 e. The Morgan fingerprint density at radius 3 is 2.77 bits per heavy atom. The van der Waals surface area contributed by atoms with Gasteiger partial charge in [0.25, 0.3) is 0 Å². The SMILES string of the molecule is C=CCN(C/C=C/COC(=O)OC)CCc1c(O)ccc2ccccc12. The lowest BCUT2D eigenvalue weighted by Crippen LogP contribution is -2.26. The molecule has 0 spiro atoms. The standard InChI is InChI=1S/C21H25NO4/c1-3-13-22(14-6-7-16-26-21(24)25-2)15-12-19-18-9-5-4-8-17(18)10-11-20(19)23/h3-11,23H,1,12-16H2,2H3/b7-6+. The van der Waals surface area contributed by atoms with Crippen molar-refractivity contribution < 1.29 is 19.4 Å². The first-order chi connectivity index (χ1) is 12.7. The van der Waals surface area contributed by atoms with Crippen molar-refractivity contribution in [1.29, 1.82) is 0 Å². The highest BCUT2D eigenvalue weighted by Gasteiger charge is 2.09. The van der Waals surface area contributed by atoms with Gasteiger partial charge in [-0.1, -0.05) is 42.5 Å². The first-order valence-electron chi connectivity index (χ1n) is 8.54. The molecule has 0 aliphatic rings. The second kappa shape index (κ2) is 10.3. The van der Waals surface area contributed by atoms with Crippen LogP contribution in [0, 0.1) is 0 Å². The molecular formula is C21H25NO4. The molecular weight excluding hydrogens is 330 g/mol. The second-order valence-corrected chi connectivity index (χ2v) is 5.82. The maximum absolute atomic E-state index is 10.9. The quantitative estimate of drug-likeness (QED) is 0.546. The molecule has 2 aromatic rings. The molecule has 0 saturated heterocycles. The van der Waals surface area contributed by atoms with Gasteiger partial charge in [0, 0.05) is 25.2 Å². The van der Waals surface area contributed by atoms with Gasteiger partial charge in [0.15, 0.2) is 0 Å². The molecule has 0 aliphatic carbocycles. The summed E-state index contributed by atoms with van der Waals surface area (Å²) >= 11 is 0. The van der Waals surface area contributed by atoms with E-state index in [0.717, 1.165) is 35.8 Å². The largest absolute Gasteiger partial charge is 0.508 e. The fourth-order valence-electron chi connectivity index (χ4n) is 2.76. The van der Waals surface area contributed by atoms with Crippen molar-refractivity contribution in [3.05, 3.63) is 66.8 Å². The van der Waals surface area contributed by atoms with Crippen molar-refractivity contribution in [2.75, 3.05) is 33.4 Å². The van der Waals surface area contributed by atoms with E-state index < -0.39 is 6.16 Å². The number of phenolic OH excluding ortho intramolecular Hbond substituents is 1. The van der Waals surface area contributed by atoms with Crippen LogP contribution < -0.4 is 0 Å². The fourth-order valence-corrected chi connectivity index (χ4v) is 2.76. The molecule has 138 valence electrons. The van der Waals surface area contributed by atoms with Gasteiger partial charge >= 0.3 is 6.16 Å². The molecule has 0 heterocycles. The van der Waals surface area contributed by atoms with Gasteiger partial charge in [-0.2, -0.15) is 0 Å². The van der Waals surface area contributed by atoms with Crippen LogP contribution >= 0.6 is 0 Å². The van der Waals surface area contributed by atoms with Crippen molar-refractivity contribution >= 4 is 16.9 Å². The van der Waals surface area contributed by atoms with E-state index in [0.29, 0.717) is 12.3 Å². The van der Waals surface area contributed by atoms with Crippen molar-refractivity contribution in [3.63, 3.8) is 0 Å². The third-order valence-corrected chi connectivity index (χ3v) is 4.08. The minimum Gasteiger partial charge on any atom is -0.508 e. The molecule has 2 rings (SSSR count). The van der Waals surface area contributed by atoms with Crippen LogP contribution in [0.5, 0.6) is 5.75 Å². The second-order valence-electron chi connectivity index (χ2n) is 5.82. The number of fused-ring (bicyclic) bond motifs is 1. The van der Waals surface area contributed by atoms with E-state index in [9.17, 15) is 9.90 Å². The molecule has 0 atom stereocenters. The summed E-state index contributed by atoms with van der Waals surface area (Å²) in [4.78, 5) is 13.1. The van der Waals surface area contributed by atoms with Crippen LogP contribution in [0.15, 0.2) is 61.2 Å². The highest BCUT2D eigenvalue weighted by atomic mass is 16.7. The molecule has 26 heavy (non-hydrogen) atoms. The highest BCUT2D eigenvalue weighted by Crippen LogP contribution is 2.27. The van der Waals surface area contributed by atoms with Gasteiger partial charge < -0.3 is 14.6 Å². The molecule has 0 aromatic heterocycles. The van der Waals surface area contributed by atoms with E-state index in [2.05, 4.69) is 16.2 Å². The summed E-state index contributed by atoms with van der Waals surface area (Å²) in [5.41, 5.74) is 0.954. The lowest BCUT2D eigenvalue weighted by Gasteiger charge is -2.19. The number of aromatic hydroxyl groups is 1. The molecule has 0 bridgehead atoms. The van der Waals surface area contributed by atoms with Gasteiger partial charge in [-0.25, -0.2) is 4.79 Å². The van der Waals surface area contributed by atoms with Crippen LogP contribution in [0.25, 0.3) is 10.8 Å². The Labute approximate surface area is 154 Å². The average Bonchev–Trinajstić information content (AvgIpc) is 2.66. The van der Waals surface area contributed by atoms with E-state index in [4.69, 9.17) is 4.74 Å². The van der Waals surface area contributed by atoms with E-state index in [-0.39, 0.29) is 6.61 Å². The predicted molar refractivity (Wildman–Crippen MR) is 103 cm³/mol. The molecule has 0 fully saturated rings. The third-order valence-electron chi connectivity index (χ3n) is 4.08. The van der Waals surface area contributed by atoms with Gasteiger partial charge in [-0.15, -0.1) is 6.58 Å². The zero-order chi connectivity index (χ0) is 18.8. The number of ether oxygens (including phenoxy) is 2. The van der Waals surface area contributed by atoms with Gasteiger partial charge in [0.2, 0.25) is 0 Å². The van der Waals surface area contributed by atoms with Crippen LogP contribution in [0.4, 0.5) is 4.79 Å². The minimum atomic E-state index is -0.691. The molecule has 0 unspecified atom stereocenters. The zero-order valence-electron chi connectivity index (χ0n) is 15.1. The molecule has 0 saturated carbocycles. The number of rotatable bonds is 9. The van der Waals surface area contributed by atoms with E-state index in [1.807, 2.05) is 42.5 Å². The molecule has 0 amide bonds. The smallest absolute Gasteiger partial charge is 0.508 e. The van der Waals surface area contributed by atoms with Crippen molar-refractivity contribution in [2.24, 2.45) is 0 Å². The van der Waals surface area contributed by atoms with Crippen LogP contribution in [-0.2, 0) is 15.9 Å². The van der Waals surface area contributed by atoms with E-state index in [1.54, 1.807) is 12.1 Å². The molecule has 5 heteroatoms. The lowest BCUT2D eigenvalue weighted by atomic mass is 10.0. The number of hydrogen-bond donors (Lipinski definition) is 1. The summed E-state index contributed by atoms with van der Waals surface area (Å²) < 4.78 is 9.21. The lowest BCUT2D eigenvalue weighted by molar-refractivity contribution is 0.0817. The Bertz CT molecular complexity index is 770. The molecule has 0 aliphatic heterocycles. The molecule has 2 aromatic carbocycles. The monoisotopic (exact) mass is 355 g/mol. The number of carbonyl (C=O) groups is 1.